The standard InChI is InChI=1S/C24H21N5O3/c1-14-19-8-7-18-21(16-11-26-29(12-16)13-20(30)31)27-28-23(18)24(19,9-15(10-25)22(14)32)17-5-3-2-4-6-17/h2-6,9,11-12,14,19H,7-8,13H2,1H3,(H,27,28)(H,30,31)/t14-,19?,24+/m0/s1. The monoisotopic (exact) mass is 427 g/mol. The van der Waals surface area contributed by atoms with Gasteiger partial charge in [0.15, 0.2) is 5.78 Å². The van der Waals surface area contributed by atoms with Gasteiger partial charge in [0.1, 0.15) is 12.6 Å². The number of H-pyrrole nitrogens is 1. The number of nitrogens with one attached hydrogen (secondary N) is 1. The zero-order chi connectivity index (χ0) is 22.5. The molecule has 8 heteroatoms. The molecule has 1 aromatic carbocycles. The number of hydrogen-bond acceptors (Lipinski definition) is 5. The molecule has 0 aliphatic heterocycles. The number of carboxylic acid groups (broad SMARTS) is 1. The first-order valence-electron chi connectivity index (χ1n) is 10.5. The van der Waals surface area contributed by atoms with E-state index in [1.165, 1.54) is 4.68 Å². The number of benzene rings is 1. The Morgan fingerprint density at radius 3 is 2.88 bits per heavy atom. The number of nitriles is 1. The molecule has 160 valence electrons. The summed E-state index contributed by atoms with van der Waals surface area (Å²) in [5.74, 6) is -1.38. The van der Waals surface area contributed by atoms with Gasteiger partial charge in [0, 0.05) is 23.2 Å². The average molecular weight is 427 g/mol. The van der Waals surface area contributed by atoms with E-state index in [9.17, 15) is 14.9 Å². The van der Waals surface area contributed by atoms with Crippen molar-refractivity contribution in [3.8, 4) is 17.3 Å². The van der Waals surface area contributed by atoms with Crippen LogP contribution in [0.4, 0.5) is 0 Å². The fourth-order valence-electron chi connectivity index (χ4n) is 5.41. The lowest BCUT2D eigenvalue weighted by atomic mass is 9.54. The highest BCUT2D eigenvalue weighted by Crippen LogP contribution is 2.54. The maximum absolute atomic E-state index is 12.8. The molecule has 0 spiro atoms. The third-order valence-corrected chi connectivity index (χ3v) is 6.80. The predicted octanol–water partition coefficient (Wildman–Crippen LogP) is 2.88. The van der Waals surface area contributed by atoms with Crippen molar-refractivity contribution in [2.24, 2.45) is 11.8 Å². The van der Waals surface area contributed by atoms with Crippen molar-refractivity contribution in [2.75, 3.05) is 0 Å². The molecule has 1 unspecified atom stereocenters. The number of fused-ring (bicyclic) bond motifs is 3. The Morgan fingerprint density at radius 1 is 1.38 bits per heavy atom. The molecule has 0 bridgehead atoms. The molecular formula is C24H21N5O3. The van der Waals surface area contributed by atoms with Gasteiger partial charge in [-0.2, -0.15) is 15.5 Å². The van der Waals surface area contributed by atoms with E-state index in [2.05, 4.69) is 21.4 Å². The van der Waals surface area contributed by atoms with E-state index < -0.39 is 11.4 Å². The first kappa shape index (κ1) is 19.9. The van der Waals surface area contributed by atoms with Crippen LogP contribution < -0.4 is 0 Å². The van der Waals surface area contributed by atoms with Gasteiger partial charge in [0.25, 0.3) is 0 Å². The number of nitrogens with zero attached hydrogens (tertiary/aromatic N) is 4. The van der Waals surface area contributed by atoms with Crippen molar-refractivity contribution >= 4 is 11.8 Å². The summed E-state index contributed by atoms with van der Waals surface area (Å²) >= 11 is 0. The maximum Gasteiger partial charge on any atom is 0.325 e. The van der Waals surface area contributed by atoms with E-state index in [-0.39, 0.29) is 29.7 Å². The number of allylic oxidation sites excluding steroid dienone is 2. The highest BCUT2D eigenvalue weighted by Gasteiger charge is 2.53. The Morgan fingerprint density at radius 2 is 2.16 bits per heavy atom. The quantitative estimate of drug-likeness (QED) is 0.660. The minimum atomic E-state index is -0.968. The van der Waals surface area contributed by atoms with E-state index in [0.717, 1.165) is 40.9 Å². The van der Waals surface area contributed by atoms with Gasteiger partial charge in [-0.3, -0.25) is 19.4 Å². The van der Waals surface area contributed by atoms with E-state index in [1.807, 2.05) is 43.3 Å². The Bertz CT molecular complexity index is 1300. The third-order valence-electron chi connectivity index (χ3n) is 6.80. The van der Waals surface area contributed by atoms with Gasteiger partial charge in [0.2, 0.25) is 0 Å². The number of aliphatic carboxylic acids is 1. The minimum absolute atomic E-state index is 0.00923. The predicted molar refractivity (Wildman–Crippen MR) is 114 cm³/mol. The molecule has 8 nitrogen and oxygen atoms in total. The van der Waals surface area contributed by atoms with E-state index in [1.54, 1.807) is 12.4 Å². The number of rotatable bonds is 4. The summed E-state index contributed by atoms with van der Waals surface area (Å²) in [6.07, 6.45) is 6.60. The summed E-state index contributed by atoms with van der Waals surface area (Å²) in [6, 6.07) is 12.0. The second-order valence-electron chi connectivity index (χ2n) is 8.45. The van der Waals surface area contributed by atoms with Crippen molar-refractivity contribution < 1.29 is 14.7 Å². The number of ketones is 1. The van der Waals surface area contributed by atoms with Gasteiger partial charge in [0.05, 0.1) is 28.6 Å². The van der Waals surface area contributed by atoms with Crippen LogP contribution in [0.15, 0.2) is 54.4 Å². The first-order valence-corrected chi connectivity index (χ1v) is 10.5. The molecule has 0 radical (unpaired) electrons. The van der Waals surface area contributed by atoms with Gasteiger partial charge in [-0.25, -0.2) is 0 Å². The molecule has 32 heavy (non-hydrogen) atoms. The number of Topliss-reactive ketones (excluding diaryl/α,β-unsaturated/α-hetero) is 1. The molecule has 5 rings (SSSR count). The number of carbonyl (C=O) groups excluding carboxylic acids is 1. The molecule has 0 fully saturated rings. The molecule has 2 aliphatic carbocycles. The second kappa shape index (κ2) is 7.31. The van der Waals surface area contributed by atoms with E-state index >= 15 is 0 Å². The molecule has 0 amide bonds. The lowest BCUT2D eigenvalue weighted by molar-refractivity contribution is -0.137. The highest BCUT2D eigenvalue weighted by molar-refractivity contribution is 6.02. The summed E-state index contributed by atoms with van der Waals surface area (Å²) in [5.41, 5.74) is 3.86. The molecule has 0 saturated heterocycles. The number of carboxylic acids is 1. The molecule has 2 N–H and O–H groups in total. The number of hydrogen-bond donors (Lipinski definition) is 2. The summed E-state index contributed by atoms with van der Waals surface area (Å²) in [4.78, 5) is 23.9. The lowest BCUT2D eigenvalue weighted by Gasteiger charge is -2.47. The number of carbonyl (C=O) groups is 2. The smallest absolute Gasteiger partial charge is 0.325 e. The van der Waals surface area contributed by atoms with Crippen LogP contribution in [0.3, 0.4) is 0 Å². The maximum atomic E-state index is 12.8. The van der Waals surface area contributed by atoms with Crippen LogP contribution in [0.1, 0.15) is 30.2 Å². The Labute approximate surface area is 184 Å². The van der Waals surface area contributed by atoms with Crippen molar-refractivity contribution in [1.82, 2.24) is 20.0 Å². The first-order chi connectivity index (χ1) is 15.5. The normalized spacial score (nSPS) is 24.2. The fourth-order valence-corrected chi connectivity index (χ4v) is 5.41. The SMILES string of the molecule is C[C@@H]1C(=O)C(C#N)=C[C@]2(c3ccccc3)c3[nH]nc(-c4cnn(CC(=O)O)c4)c3CCC12. The summed E-state index contributed by atoms with van der Waals surface area (Å²) in [5, 5.41) is 30.7. The Balaban J connectivity index is 1.72. The van der Waals surface area contributed by atoms with Crippen LogP contribution >= 0.6 is 0 Å². The van der Waals surface area contributed by atoms with Crippen LogP contribution in [-0.4, -0.2) is 36.8 Å². The second-order valence-corrected chi connectivity index (χ2v) is 8.45. The molecule has 0 saturated carbocycles. The molecule has 2 heterocycles. The van der Waals surface area contributed by atoms with Crippen molar-refractivity contribution in [2.45, 2.75) is 31.7 Å². The molecule has 2 aliphatic rings. The van der Waals surface area contributed by atoms with Gasteiger partial charge >= 0.3 is 5.97 Å². The van der Waals surface area contributed by atoms with Crippen LogP contribution in [0.2, 0.25) is 0 Å². The van der Waals surface area contributed by atoms with Crippen LogP contribution in [0.5, 0.6) is 0 Å². The Hall–Kier alpha value is -3.99. The zero-order valence-electron chi connectivity index (χ0n) is 17.4. The van der Waals surface area contributed by atoms with Gasteiger partial charge in [-0.15, -0.1) is 0 Å². The van der Waals surface area contributed by atoms with Crippen LogP contribution in [-0.2, 0) is 28.0 Å². The number of aromatic nitrogens is 4. The van der Waals surface area contributed by atoms with Crippen LogP contribution in [0, 0.1) is 23.2 Å². The van der Waals surface area contributed by atoms with Gasteiger partial charge in [-0.05, 0) is 30.4 Å². The molecule has 3 atom stereocenters. The lowest BCUT2D eigenvalue weighted by Crippen LogP contribution is -2.48. The fraction of sp³-hybridized carbons (Fsp3) is 0.292. The van der Waals surface area contributed by atoms with E-state index in [4.69, 9.17) is 5.11 Å². The minimum Gasteiger partial charge on any atom is -0.480 e. The van der Waals surface area contributed by atoms with E-state index in [0.29, 0.717) is 0 Å². The average Bonchev–Trinajstić information content (AvgIpc) is 3.43. The third kappa shape index (κ3) is 2.82. The molecule has 2 aromatic heterocycles. The van der Waals surface area contributed by atoms with Crippen LogP contribution in [0.25, 0.3) is 11.3 Å². The van der Waals surface area contributed by atoms with Crippen molar-refractivity contribution in [3.05, 3.63) is 71.2 Å². The Kier molecular flexibility index (Phi) is 4.55. The van der Waals surface area contributed by atoms with Gasteiger partial charge in [-0.1, -0.05) is 37.3 Å². The molecule has 3 aromatic rings. The van der Waals surface area contributed by atoms with Crippen molar-refractivity contribution in [1.29, 1.82) is 5.26 Å². The molecular weight excluding hydrogens is 406 g/mol. The number of aromatic amines is 1. The largest absolute Gasteiger partial charge is 0.480 e. The zero-order valence-corrected chi connectivity index (χ0v) is 17.4. The van der Waals surface area contributed by atoms with Gasteiger partial charge < -0.3 is 5.11 Å². The topological polar surface area (TPSA) is 125 Å². The van der Waals surface area contributed by atoms with Crippen molar-refractivity contribution in [3.63, 3.8) is 0 Å². The summed E-state index contributed by atoms with van der Waals surface area (Å²) in [7, 11) is 0. The summed E-state index contributed by atoms with van der Waals surface area (Å²) in [6.45, 7) is 1.68. The highest BCUT2D eigenvalue weighted by atomic mass is 16.4. The summed E-state index contributed by atoms with van der Waals surface area (Å²) < 4.78 is 1.37.